The molecule has 17 heavy (non-hydrogen) atoms. The van der Waals surface area contributed by atoms with Gasteiger partial charge in [0, 0.05) is 19.1 Å². The predicted molar refractivity (Wildman–Crippen MR) is 64.8 cm³/mol. The van der Waals surface area contributed by atoms with Gasteiger partial charge in [0.25, 0.3) is 0 Å². The number of nitrogens with one attached hydrogen (secondary N) is 1. The summed E-state index contributed by atoms with van der Waals surface area (Å²) in [5.41, 5.74) is 2.75. The van der Waals surface area contributed by atoms with Crippen LogP contribution in [-0.4, -0.2) is 41.3 Å². The average molecular weight is 232 g/mol. The number of hydrogen-bond donors (Lipinski definition) is 2. The lowest BCUT2D eigenvalue weighted by molar-refractivity contribution is 0.147. The Morgan fingerprint density at radius 1 is 1.41 bits per heavy atom. The lowest BCUT2D eigenvalue weighted by Gasteiger charge is -2.18. The van der Waals surface area contributed by atoms with Crippen molar-refractivity contribution in [1.29, 1.82) is 0 Å². The number of rotatable bonds is 0. The summed E-state index contributed by atoms with van der Waals surface area (Å²) in [7, 11) is 0. The first kappa shape index (κ1) is 10.6. The topological polar surface area (TPSA) is 52.6 Å². The Kier molecular flexibility index (Phi) is 2.52. The summed E-state index contributed by atoms with van der Waals surface area (Å²) in [4.78, 5) is 12.5. The minimum absolute atomic E-state index is 0.344. The van der Waals surface area contributed by atoms with E-state index < -0.39 is 6.09 Å². The molecule has 0 saturated carbocycles. The van der Waals surface area contributed by atoms with Crippen molar-refractivity contribution in [3.05, 3.63) is 35.5 Å². The molecule has 2 N–H and O–H groups in total. The largest absolute Gasteiger partial charge is 0.465 e. The zero-order valence-electron chi connectivity index (χ0n) is 9.60. The zero-order valence-corrected chi connectivity index (χ0v) is 9.60. The van der Waals surface area contributed by atoms with Crippen LogP contribution in [0.5, 0.6) is 0 Å². The summed E-state index contributed by atoms with van der Waals surface area (Å²) >= 11 is 0. The number of fused-ring (bicyclic) bond motifs is 2. The lowest BCUT2D eigenvalue weighted by atomic mass is 9.96. The molecule has 2 unspecified atom stereocenters. The van der Waals surface area contributed by atoms with Crippen molar-refractivity contribution in [2.24, 2.45) is 0 Å². The molecule has 1 amide bonds. The smallest absolute Gasteiger partial charge is 0.407 e. The summed E-state index contributed by atoms with van der Waals surface area (Å²) in [6.45, 7) is 1.25. The van der Waals surface area contributed by atoms with Gasteiger partial charge in [0.2, 0.25) is 0 Å². The van der Waals surface area contributed by atoms with Crippen LogP contribution in [0.1, 0.15) is 12.8 Å². The van der Waals surface area contributed by atoms with E-state index >= 15 is 0 Å². The fraction of sp³-hybridized carbons (Fsp3) is 0.462. The van der Waals surface area contributed by atoms with Gasteiger partial charge in [-0.2, -0.15) is 0 Å². The molecular weight excluding hydrogens is 216 g/mol. The molecule has 2 heterocycles. The molecule has 0 aromatic rings. The summed E-state index contributed by atoms with van der Waals surface area (Å²) in [6, 6.07) is 0.697. The fourth-order valence-electron chi connectivity index (χ4n) is 2.93. The van der Waals surface area contributed by atoms with Crippen LogP contribution >= 0.6 is 0 Å². The Labute approximate surface area is 100 Å². The van der Waals surface area contributed by atoms with E-state index in [1.807, 2.05) is 0 Å². The molecule has 0 spiro atoms. The maximum absolute atomic E-state index is 11.0. The van der Waals surface area contributed by atoms with E-state index in [1.165, 1.54) is 16.0 Å². The highest BCUT2D eigenvalue weighted by atomic mass is 16.4. The Morgan fingerprint density at radius 2 is 2.29 bits per heavy atom. The number of carbonyl (C=O) groups is 1. The second-order valence-electron chi connectivity index (χ2n) is 4.73. The van der Waals surface area contributed by atoms with Gasteiger partial charge in [-0.25, -0.2) is 4.79 Å². The molecule has 2 aliphatic heterocycles. The van der Waals surface area contributed by atoms with Crippen molar-refractivity contribution in [2.75, 3.05) is 13.1 Å². The third kappa shape index (κ3) is 1.78. The van der Waals surface area contributed by atoms with E-state index in [-0.39, 0.29) is 0 Å². The van der Waals surface area contributed by atoms with Crippen molar-refractivity contribution >= 4 is 6.09 Å². The predicted octanol–water partition coefficient (Wildman–Crippen LogP) is 1.52. The van der Waals surface area contributed by atoms with Crippen LogP contribution in [0.4, 0.5) is 4.79 Å². The van der Waals surface area contributed by atoms with Gasteiger partial charge >= 0.3 is 6.09 Å². The maximum Gasteiger partial charge on any atom is 0.407 e. The first-order valence-electron chi connectivity index (χ1n) is 6.07. The standard InChI is InChI=1S/C13H16N2O2/c16-13(17)15-7-5-10-9-3-1-2-4-11(9)14-12(10)6-8-15/h1-4,11-12,14H,5-8H2,(H,16,17). The minimum Gasteiger partial charge on any atom is -0.465 e. The normalized spacial score (nSPS) is 31.2. The van der Waals surface area contributed by atoms with Crippen molar-refractivity contribution in [3.63, 3.8) is 0 Å². The molecule has 2 atom stereocenters. The van der Waals surface area contributed by atoms with Crippen LogP contribution in [0.2, 0.25) is 0 Å². The molecule has 4 heteroatoms. The molecule has 1 aliphatic carbocycles. The maximum atomic E-state index is 11.0. The molecule has 1 fully saturated rings. The summed E-state index contributed by atoms with van der Waals surface area (Å²) in [5, 5.41) is 12.6. The van der Waals surface area contributed by atoms with Crippen LogP contribution < -0.4 is 5.32 Å². The molecule has 0 aromatic carbocycles. The van der Waals surface area contributed by atoms with Gasteiger partial charge in [0.05, 0.1) is 6.04 Å². The van der Waals surface area contributed by atoms with Crippen LogP contribution in [0.15, 0.2) is 35.5 Å². The van der Waals surface area contributed by atoms with E-state index in [4.69, 9.17) is 5.11 Å². The van der Waals surface area contributed by atoms with Gasteiger partial charge in [-0.05, 0) is 24.0 Å². The zero-order chi connectivity index (χ0) is 11.8. The minimum atomic E-state index is -0.800. The lowest BCUT2D eigenvalue weighted by Crippen LogP contribution is -2.35. The number of amides is 1. The van der Waals surface area contributed by atoms with Crippen molar-refractivity contribution in [2.45, 2.75) is 24.9 Å². The molecule has 3 rings (SSSR count). The molecule has 0 bridgehead atoms. The molecule has 90 valence electrons. The molecule has 0 radical (unpaired) electrons. The summed E-state index contributed by atoms with van der Waals surface area (Å²) in [5.74, 6) is 0. The number of hydrogen-bond acceptors (Lipinski definition) is 2. The second kappa shape index (κ2) is 4.04. The highest BCUT2D eigenvalue weighted by Crippen LogP contribution is 2.31. The van der Waals surface area contributed by atoms with E-state index in [2.05, 4.69) is 29.6 Å². The van der Waals surface area contributed by atoms with Crippen LogP contribution in [0, 0.1) is 0 Å². The first-order chi connectivity index (χ1) is 8.25. The molecule has 4 nitrogen and oxygen atoms in total. The average Bonchev–Trinajstić information content (AvgIpc) is 2.53. The molecular formula is C13H16N2O2. The quantitative estimate of drug-likeness (QED) is 0.666. The highest BCUT2D eigenvalue weighted by molar-refractivity contribution is 5.65. The van der Waals surface area contributed by atoms with E-state index in [0.29, 0.717) is 25.2 Å². The van der Waals surface area contributed by atoms with E-state index in [0.717, 1.165) is 12.8 Å². The van der Waals surface area contributed by atoms with E-state index in [9.17, 15) is 4.79 Å². The first-order valence-corrected chi connectivity index (χ1v) is 6.07. The third-order valence-corrected chi connectivity index (χ3v) is 3.81. The number of nitrogens with zero attached hydrogens (tertiary/aromatic N) is 1. The Balaban J connectivity index is 1.85. The van der Waals surface area contributed by atoms with Crippen molar-refractivity contribution in [1.82, 2.24) is 10.2 Å². The third-order valence-electron chi connectivity index (χ3n) is 3.81. The van der Waals surface area contributed by atoms with Gasteiger partial charge in [-0.3, -0.25) is 0 Å². The Morgan fingerprint density at radius 3 is 3.12 bits per heavy atom. The Hall–Kier alpha value is -1.55. The van der Waals surface area contributed by atoms with Crippen LogP contribution in [-0.2, 0) is 0 Å². The molecule has 3 aliphatic rings. The van der Waals surface area contributed by atoms with Gasteiger partial charge in [-0.1, -0.05) is 24.3 Å². The van der Waals surface area contributed by atoms with Crippen molar-refractivity contribution < 1.29 is 9.90 Å². The SMILES string of the molecule is O=C(O)N1CCC2=C3C=CC=CC3NC2CC1. The summed E-state index contributed by atoms with van der Waals surface area (Å²) < 4.78 is 0. The number of likely N-dealkylation sites (tertiary alicyclic amines) is 1. The van der Waals surface area contributed by atoms with E-state index in [1.54, 1.807) is 0 Å². The molecule has 1 saturated heterocycles. The monoisotopic (exact) mass is 232 g/mol. The van der Waals surface area contributed by atoms with Crippen LogP contribution in [0.3, 0.4) is 0 Å². The van der Waals surface area contributed by atoms with Gasteiger partial charge in [0.15, 0.2) is 0 Å². The summed E-state index contributed by atoms with van der Waals surface area (Å²) in [6.07, 6.45) is 9.39. The van der Waals surface area contributed by atoms with Crippen LogP contribution in [0.25, 0.3) is 0 Å². The Bertz CT molecular complexity index is 437. The highest BCUT2D eigenvalue weighted by Gasteiger charge is 2.33. The van der Waals surface area contributed by atoms with Gasteiger partial charge in [-0.15, -0.1) is 0 Å². The fourth-order valence-corrected chi connectivity index (χ4v) is 2.93. The van der Waals surface area contributed by atoms with Gasteiger partial charge < -0.3 is 15.3 Å². The molecule has 0 aromatic heterocycles. The second-order valence-corrected chi connectivity index (χ2v) is 4.73. The van der Waals surface area contributed by atoms with Crippen molar-refractivity contribution in [3.8, 4) is 0 Å². The number of carboxylic acid groups (broad SMARTS) is 1. The number of allylic oxidation sites excluding steroid dienone is 2. The van der Waals surface area contributed by atoms with Gasteiger partial charge in [0.1, 0.15) is 0 Å².